The monoisotopic (exact) mass is 412 g/mol. The van der Waals surface area contributed by atoms with Gasteiger partial charge in [0.1, 0.15) is 18.0 Å². The topological polar surface area (TPSA) is 108 Å². The van der Waals surface area contributed by atoms with Gasteiger partial charge in [-0.3, -0.25) is 30.0 Å². The van der Waals surface area contributed by atoms with Crippen LogP contribution in [0.2, 0.25) is 0 Å². The van der Waals surface area contributed by atoms with Crippen LogP contribution in [-0.2, 0) is 11.8 Å². The van der Waals surface area contributed by atoms with Crippen molar-refractivity contribution in [2.45, 2.75) is 0 Å². The van der Waals surface area contributed by atoms with E-state index in [0.717, 1.165) is 16.9 Å². The molecule has 30 heavy (non-hydrogen) atoms. The predicted octanol–water partition coefficient (Wildman–Crippen LogP) is 0.0856. The number of anilines is 1. The van der Waals surface area contributed by atoms with Crippen LogP contribution in [0.15, 0.2) is 36.8 Å². The van der Waals surface area contributed by atoms with Crippen molar-refractivity contribution in [1.29, 1.82) is 0 Å². The number of piperazine rings is 1. The summed E-state index contributed by atoms with van der Waals surface area (Å²) in [5.41, 5.74) is 5.77. The minimum atomic E-state index is -0.502. The summed E-state index contributed by atoms with van der Waals surface area (Å²) in [5, 5.41) is 5.14. The van der Waals surface area contributed by atoms with Crippen molar-refractivity contribution in [3.63, 3.8) is 0 Å². The largest absolute Gasteiger partial charge is 0.353 e. The standard InChI is InChI=1S/C19H21FN8O2/c1-26-17-15(10-23-26)18(22-12-21-17)28-8-6-27(7-9-28)11-16(29)24-25-19(30)13-2-4-14(20)5-3-13/h2-5,10,12H,6-9,11H2,1H3,(H,24,29)(H,25,30). The third-order valence-corrected chi connectivity index (χ3v) is 4.97. The van der Waals surface area contributed by atoms with Gasteiger partial charge in [0.2, 0.25) is 0 Å². The van der Waals surface area contributed by atoms with Gasteiger partial charge in [0, 0.05) is 38.8 Å². The Hall–Kier alpha value is -3.60. The molecule has 1 saturated heterocycles. The number of aromatic nitrogens is 4. The molecule has 4 rings (SSSR count). The lowest BCUT2D eigenvalue weighted by atomic mass is 10.2. The smallest absolute Gasteiger partial charge is 0.269 e. The quantitative estimate of drug-likeness (QED) is 0.585. The molecule has 1 aliphatic heterocycles. The molecular formula is C19H21FN8O2. The van der Waals surface area contributed by atoms with E-state index in [2.05, 4.69) is 30.8 Å². The number of aryl methyl sites for hydroxylation is 1. The molecule has 3 heterocycles. The Morgan fingerprint density at radius 2 is 1.80 bits per heavy atom. The van der Waals surface area contributed by atoms with E-state index in [9.17, 15) is 14.0 Å². The van der Waals surface area contributed by atoms with Crippen LogP contribution in [0.4, 0.5) is 10.2 Å². The Morgan fingerprint density at radius 1 is 1.07 bits per heavy atom. The van der Waals surface area contributed by atoms with Gasteiger partial charge in [-0.1, -0.05) is 0 Å². The zero-order valence-electron chi connectivity index (χ0n) is 16.4. The van der Waals surface area contributed by atoms with Gasteiger partial charge in [0.25, 0.3) is 11.8 Å². The molecular weight excluding hydrogens is 391 g/mol. The van der Waals surface area contributed by atoms with Crippen LogP contribution in [0.1, 0.15) is 10.4 Å². The maximum Gasteiger partial charge on any atom is 0.269 e. The molecule has 0 unspecified atom stereocenters. The highest BCUT2D eigenvalue weighted by atomic mass is 19.1. The van der Waals surface area contributed by atoms with Crippen LogP contribution in [0.5, 0.6) is 0 Å². The highest BCUT2D eigenvalue weighted by molar-refractivity contribution is 5.95. The van der Waals surface area contributed by atoms with Crippen molar-refractivity contribution >= 4 is 28.7 Å². The molecule has 2 aromatic heterocycles. The number of nitrogens with one attached hydrogen (secondary N) is 2. The van der Waals surface area contributed by atoms with Gasteiger partial charge in [0.15, 0.2) is 5.65 Å². The van der Waals surface area contributed by atoms with Gasteiger partial charge in [-0.15, -0.1) is 0 Å². The minimum Gasteiger partial charge on any atom is -0.353 e. The zero-order valence-corrected chi connectivity index (χ0v) is 16.4. The number of halogens is 1. The molecule has 10 nitrogen and oxygen atoms in total. The van der Waals surface area contributed by atoms with Crippen molar-refractivity contribution in [3.05, 3.63) is 48.2 Å². The highest BCUT2D eigenvalue weighted by Gasteiger charge is 2.22. The molecule has 2 N–H and O–H groups in total. The first-order valence-corrected chi connectivity index (χ1v) is 9.46. The summed E-state index contributed by atoms with van der Waals surface area (Å²) in [6.45, 7) is 2.91. The molecule has 1 fully saturated rings. The fourth-order valence-corrected chi connectivity index (χ4v) is 3.36. The third-order valence-electron chi connectivity index (χ3n) is 4.97. The second kappa shape index (κ2) is 8.41. The molecule has 1 aliphatic rings. The fraction of sp³-hybridized carbons (Fsp3) is 0.316. The minimum absolute atomic E-state index is 0.156. The molecule has 156 valence electrons. The van der Waals surface area contributed by atoms with E-state index in [1.807, 2.05) is 11.9 Å². The van der Waals surface area contributed by atoms with Crippen LogP contribution < -0.4 is 15.8 Å². The van der Waals surface area contributed by atoms with Gasteiger partial charge in [0.05, 0.1) is 18.1 Å². The Bertz CT molecular complexity index is 1060. The van der Waals surface area contributed by atoms with E-state index in [1.165, 1.54) is 30.6 Å². The first kappa shape index (κ1) is 19.7. The summed E-state index contributed by atoms with van der Waals surface area (Å²) in [7, 11) is 1.84. The molecule has 0 atom stereocenters. The van der Waals surface area contributed by atoms with Crippen LogP contribution in [-0.4, -0.2) is 69.2 Å². The van der Waals surface area contributed by atoms with Gasteiger partial charge in [-0.25, -0.2) is 14.4 Å². The molecule has 0 aliphatic carbocycles. The number of carbonyl (C=O) groups is 2. The Balaban J connectivity index is 1.26. The van der Waals surface area contributed by atoms with Crippen molar-refractivity contribution in [2.24, 2.45) is 7.05 Å². The molecule has 0 spiro atoms. The van der Waals surface area contributed by atoms with Crippen molar-refractivity contribution < 1.29 is 14.0 Å². The van der Waals surface area contributed by atoms with Crippen LogP contribution >= 0.6 is 0 Å². The fourth-order valence-electron chi connectivity index (χ4n) is 3.36. The lowest BCUT2D eigenvalue weighted by Crippen LogP contribution is -2.52. The summed E-state index contributed by atoms with van der Waals surface area (Å²) in [6, 6.07) is 5.07. The summed E-state index contributed by atoms with van der Waals surface area (Å²) < 4.78 is 14.6. The zero-order chi connectivity index (χ0) is 21.1. The van der Waals surface area contributed by atoms with Crippen LogP contribution in [0, 0.1) is 5.82 Å². The van der Waals surface area contributed by atoms with Gasteiger partial charge >= 0.3 is 0 Å². The summed E-state index contributed by atoms with van der Waals surface area (Å²) in [6.07, 6.45) is 3.29. The molecule has 0 saturated carbocycles. The van der Waals surface area contributed by atoms with E-state index >= 15 is 0 Å². The van der Waals surface area contributed by atoms with E-state index in [1.54, 1.807) is 10.9 Å². The van der Waals surface area contributed by atoms with Crippen molar-refractivity contribution in [3.8, 4) is 0 Å². The maximum atomic E-state index is 12.9. The second-order valence-corrected chi connectivity index (χ2v) is 6.98. The number of hydrogen-bond donors (Lipinski definition) is 2. The molecule has 3 aromatic rings. The van der Waals surface area contributed by atoms with Gasteiger partial charge in [-0.2, -0.15) is 5.10 Å². The number of carbonyl (C=O) groups excluding carboxylic acids is 2. The first-order valence-electron chi connectivity index (χ1n) is 9.46. The number of amides is 2. The molecule has 1 aromatic carbocycles. The Morgan fingerprint density at radius 3 is 2.53 bits per heavy atom. The molecule has 11 heteroatoms. The van der Waals surface area contributed by atoms with E-state index in [4.69, 9.17) is 0 Å². The van der Waals surface area contributed by atoms with Crippen LogP contribution in [0.3, 0.4) is 0 Å². The normalized spacial score (nSPS) is 14.7. The maximum absolute atomic E-state index is 12.9. The number of hydrogen-bond acceptors (Lipinski definition) is 7. The first-order chi connectivity index (χ1) is 14.5. The molecule has 2 amide bonds. The Labute approximate surface area is 171 Å². The van der Waals surface area contributed by atoms with E-state index in [0.29, 0.717) is 26.2 Å². The lowest BCUT2D eigenvalue weighted by Gasteiger charge is -2.35. The number of fused-ring (bicyclic) bond motifs is 1. The van der Waals surface area contributed by atoms with E-state index < -0.39 is 11.7 Å². The summed E-state index contributed by atoms with van der Waals surface area (Å²) in [5.74, 6) is -0.419. The molecule has 0 radical (unpaired) electrons. The van der Waals surface area contributed by atoms with Crippen molar-refractivity contribution in [1.82, 2.24) is 35.5 Å². The summed E-state index contributed by atoms with van der Waals surface area (Å²) >= 11 is 0. The average Bonchev–Trinajstić information content (AvgIpc) is 3.14. The molecule has 0 bridgehead atoms. The average molecular weight is 412 g/mol. The van der Waals surface area contributed by atoms with Gasteiger partial charge < -0.3 is 4.90 Å². The van der Waals surface area contributed by atoms with E-state index in [-0.39, 0.29) is 18.0 Å². The van der Waals surface area contributed by atoms with Gasteiger partial charge in [-0.05, 0) is 24.3 Å². The van der Waals surface area contributed by atoms with Crippen LogP contribution in [0.25, 0.3) is 11.0 Å². The number of hydrazine groups is 1. The van der Waals surface area contributed by atoms with Crippen molar-refractivity contribution in [2.75, 3.05) is 37.6 Å². The summed E-state index contributed by atoms with van der Waals surface area (Å²) in [4.78, 5) is 36.9. The Kier molecular flexibility index (Phi) is 5.53. The predicted molar refractivity (Wildman–Crippen MR) is 107 cm³/mol. The SMILES string of the molecule is Cn1ncc2c(N3CCN(CC(=O)NNC(=O)c4ccc(F)cc4)CC3)ncnc21. The number of rotatable bonds is 4. The number of nitrogens with zero attached hydrogens (tertiary/aromatic N) is 6. The second-order valence-electron chi connectivity index (χ2n) is 6.98. The highest BCUT2D eigenvalue weighted by Crippen LogP contribution is 2.23. The lowest BCUT2D eigenvalue weighted by molar-refractivity contribution is -0.123. The number of benzene rings is 1. The third kappa shape index (κ3) is 4.20.